The SMILES string of the molecule is CC[C@H](NC(=O)/C(C#N)=C/C1CCCC(Br)N1)c1ccccc1. The van der Waals surface area contributed by atoms with Gasteiger partial charge in [0, 0.05) is 6.04 Å². The smallest absolute Gasteiger partial charge is 0.262 e. The number of nitrogens with one attached hydrogen (secondary N) is 2. The van der Waals surface area contributed by atoms with Gasteiger partial charge in [0.05, 0.1) is 11.0 Å². The van der Waals surface area contributed by atoms with Crippen LogP contribution in [0.1, 0.15) is 44.2 Å². The third-order valence-corrected chi connectivity index (χ3v) is 4.74. The summed E-state index contributed by atoms with van der Waals surface area (Å²) in [4.78, 5) is 12.7. The normalized spacial score (nSPS) is 22.9. The lowest BCUT2D eigenvalue weighted by Gasteiger charge is -2.25. The molecule has 1 heterocycles. The summed E-state index contributed by atoms with van der Waals surface area (Å²) in [5.74, 6) is -0.304. The molecule has 5 heteroatoms. The minimum atomic E-state index is -0.304. The molecule has 2 N–H and O–H groups in total. The van der Waals surface area contributed by atoms with E-state index in [0.717, 1.165) is 31.2 Å². The highest BCUT2D eigenvalue weighted by molar-refractivity contribution is 9.09. The first kappa shape index (κ1) is 17.7. The maximum Gasteiger partial charge on any atom is 0.262 e. The maximum atomic E-state index is 12.4. The number of hydrogen-bond acceptors (Lipinski definition) is 3. The van der Waals surface area contributed by atoms with Gasteiger partial charge in [0.15, 0.2) is 0 Å². The fourth-order valence-electron chi connectivity index (χ4n) is 2.75. The zero-order valence-electron chi connectivity index (χ0n) is 13.3. The van der Waals surface area contributed by atoms with Crippen LogP contribution in [0.4, 0.5) is 0 Å². The molecule has 122 valence electrons. The Bertz CT molecular complexity index is 594. The van der Waals surface area contributed by atoms with Gasteiger partial charge in [0.25, 0.3) is 5.91 Å². The number of hydrogen-bond donors (Lipinski definition) is 2. The van der Waals surface area contributed by atoms with E-state index in [1.165, 1.54) is 0 Å². The average molecular weight is 376 g/mol. The second kappa shape index (κ2) is 8.85. The molecule has 0 spiro atoms. The molecule has 23 heavy (non-hydrogen) atoms. The molecule has 2 rings (SSSR count). The molecule has 0 bridgehead atoms. The zero-order chi connectivity index (χ0) is 16.7. The zero-order valence-corrected chi connectivity index (χ0v) is 14.8. The van der Waals surface area contributed by atoms with Crippen LogP contribution in [0, 0.1) is 11.3 Å². The van der Waals surface area contributed by atoms with Gasteiger partial charge in [-0.25, -0.2) is 0 Å². The van der Waals surface area contributed by atoms with Crippen LogP contribution in [0.2, 0.25) is 0 Å². The van der Waals surface area contributed by atoms with Crippen molar-refractivity contribution >= 4 is 21.8 Å². The van der Waals surface area contributed by atoms with Gasteiger partial charge in [-0.2, -0.15) is 5.26 Å². The second-order valence-corrected chi connectivity index (χ2v) is 6.81. The number of rotatable bonds is 5. The van der Waals surface area contributed by atoms with Crippen LogP contribution in [0.15, 0.2) is 42.0 Å². The van der Waals surface area contributed by atoms with Gasteiger partial charge < -0.3 is 5.32 Å². The Kier molecular flexibility index (Phi) is 6.82. The molecule has 0 saturated carbocycles. The first-order valence-corrected chi connectivity index (χ1v) is 8.93. The Morgan fingerprint density at radius 3 is 2.83 bits per heavy atom. The molecular formula is C18H22BrN3O. The first-order chi connectivity index (χ1) is 11.1. The van der Waals surface area contributed by atoms with Crippen molar-refractivity contribution in [3.05, 3.63) is 47.5 Å². The van der Waals surface area contributed by atoms with E-state index in [1.54, 1.807) is 6.08 Å². The van der Waals surface area contributed by atoms with Crippen LogP contribution in [0.25, 0.3) is 0 Å². The second-order valence-electron chi connectivity index (χ2n) is 5.71. The standard InChI is InChI=1S/C18H22BrN3O/c1-2-16(13-7-4-3-5-8-13)22-18(23)14(12-20)11-15-9-6-10-17(19)21-15/h3-5,7-8,11,15-17,21H,2,6,9-10H2,1H3,(H,22,23)/b14-11+/t15?,16-,17?/m0/s1. The number of piperidine rings is 1. The van der Waals surface area contributed by atoms with Gasteiger partial charge in [0.2, 0.25) is 0 Å². The molecule has 1 fully saturated rings. The summed E-state index contributed by atoms with van der Waals surface area (Å²) in [5.41, 5.74) is 1.23. The molecule has 1 aliphatic heterocycles. The molecule has 2 unspecified atom stereocenters. The van der Waals surface area contributed by atoms with Gasteiger partial charge in [-0.3, -0.25) is 10.1 Å². The van der Waals surface area contributed by atoms with Crippen LogP contribution in [-0.2, 0) is 4.79 Å². The number of nitrogens with zero attached hydrogens (tertiary/aromatic N) is 1. The van der Waals surface area contributed by atoms with Crippen LogP contribution in [-0.4, -0.2) is 16.9 Å². The van der Waals surface area contributed by atoms with Crippen LogP contribution >= 0.6 is 15.9 Å². The molecule has 0 aromatic heterocycles. The van der Waals surface area contributed by atoms with Crippen molar-refractivity contribution in [1.29, 1.82) is 5.26 Å². The van der Waals surface area contributed by atoms with Crippen molar-refractivity contribution in [2.75, 3.05) is 0 Å². The highest BCUT2D eigenvalue weighted by atomic mass is 79.9. The van der Waals surface area contributed by atoms with Crippen molar-refractivity contribution in [3.63, 3.8) is 0 Å². The minimum Gasteiger partial charge on any atom is -0.345 e. The van der Waals surface area contributed by atoms with Gasteiger partial charge in [-0.05, 0) is 37.3 Å². The predicted octanol–water partition coefficient (Wildman–Crippen LogP) is 3.57. The lowest BCUT2D eigenvalue weighted by atomic mass is 10.0. The summed E-state index contributed by atoms with van der Waals surface area (Å²) in [6, 6.07) is 11.8. The van der Waals surface area contributed by atoms with Crippen LogP contribution < -0.4 is 10.6 Å². The van der Waals surface area contributed by atoms with Gasteiger partial charge >= 0.3 is 0 Å². The van der Waals surface area contributed by atoms with Gasteiger partial charge in [0.1, 0.15) is 11.6 Å². The Hall–Kier alpha value is -1.64. The average Bonchev–Trinajstić information content (AvgIpc) is 2.58. The Morgan fingerprint density at radius 1 is 1.48 bits per heavy atom. The summed E-state index contributed by atoms with van der Waals surface area (Å²) in [6.45, 7) is 2.02. The fraction of sp³-hybridized carbons (Fsp3) is 0.444. The number of carbonyl (C=O) groups is 1. The monoisotopic (exact) mass is 375 g/mol. The van der Waals surface area contributed by atoms with E-state index in [9.17, 15) is 10.1 Å². The molecule has 1 aliphatic rings. The molecule has 0 radical (unpaired) electrons. The molecule has 1 amide bonds. The van der Waals surface area contributed by atoms with Gasteiger partial charge in [-0.15, -0.1) is 0 Å². The third kappa shape index (κ3) is 5.19. The highest BCUT2D eigenvalue weighted by Gasteiger charge is 2.21. The highest BCUT2D eigenvalue weighted by Crippen LogP contribution is 2.19. The van der Waals surface area contributed by atoms with E-state index in [1.807, 2.05) is 43.3 Å². The van der Waals surface area contributed by atoms with Crippen molar-refractivity contribution in [2.45, 2.75) is 49.6 Å². The van der Waals surface area contributed by atoms with Crippen LogP contribution in [0.5, 0.6) is 0 Å². The summed E-state index contributed by atoms with van der Waals surface area (Å²) in [5, 5.41) is 15.6. The number of nitriles is 1. The number of halogens is 1. The summed E-state index contributed by atoms with van der Waals surface area (Å²) >= 11 is 3.54. The molecule has 4 nitrogen and oxygen atoms in total. The summed E-state index contributed by atoms with van der Waals surface area (Å²) < 4.78 is 0. The number of alkyl halides is 1. The minimum absolute atomic E-state index is 0.0605. The van der Waals surface area contributed by atoms with Crippen molar-refractivity contribution in [1.82, 2.24) is 10.6 Å². The quantitative estimate of drug-likeness (QED) is 0.357. The third-order valence-electron chi connectivity index (χ3n) is 4.02. The molecule has 1 saturated heterocycles. The van der Waals surface area contributed by atoms with Crippen molar-refractivity contribution in [3.8, 4) is 6.07 Å². The number of benzene rings is 1. The van der Waals surface area contributed by atoms with Crippen molar-refractivity contribution < 1.29 is 4.79 Å². The van der Waals surface area contributed by atoms with Crippen LogP contribution in [0.3, 0.4) is 0 Å². The summed E-state index contributed by atoms with van der Waals surface area (Å²) in [6.07, 6.45) is 5.60. The fourth-order valence-corrected chi connectivity index (χ4v) is 3.42. The lowest BCUT2D eigenvalue weighted by molar-refractivity contribution is -0.117. The number of carbonyl (C=O) groups excluding carboxylic acids is 1. The predicted molar refractivity (Wildman–Crippen MR) is 94.8 cm³/mol. The first-order valence-electron chi connectivity index (χ1n) is 8.02. The number of amides is 1. The molecule has 1 aromatic carbocycles. The largest absolute Gasteiger partial charge is 0.345 e. The van der Waals surface area contributed by atoms with E-state index in [-0.39, 0.29) is 28.5 Å². The Balaban J connectivity index is 2.06. The maximum absolute atomic E-state index is 12.4. The lowest BCUT2D eigenvalue weighted by Crippen LogP contribution is -2.38. The van der Waals surface area contributed by atoms with Gasteiger partial charge in [-0.1, -0.05) is 53.2 Å². The van der Waals surface area contributed by atoms with E-state index in [2.05, 4.69) is 26.6 Å². The van der Waals surface area contributed by atoms with E-state index in [4.69, 9.17) is 0 Å². The topological polar surface area (TPSA) is 64.9 Å². The van der Waals surface area contributed by atoms with E-state index >= 15 is 0 Å². The van der Waals surface area contributed by atoms with E-state index in [0.29, 0.717) is 0 Å². The molecular weight excluding hydrogens is 354 g/mol. The Labute approximate surface area is 146 Å². The summed E-state index contributed by atoms with van der Waals surface area (Å²) in [7, 11) is 0. The molecule has 0 aliphatic carbocycles. The Morgan fingerprint density at radius 2 is 2.22 bits per heavy atom. The van der Waals surface area contributed by atoms with E-state index < -0.39 is 0 Å². The van der Waals surface area contributed by atoms with Crippen molar-refractivity contribution in [2.24, 2.45) is 0 Å². The molecule has 1 aromatic rings. The molecule has 3 atom stereocenters.